The standard InChI is InChI=1S/C7H4ClF5N2O/c8-4-2(14)1-3(5(9)10)15-6(4)16-7(11,12)13/h1,5H,(H2,14,15). The van der Waals surface area contributed by atoms with Gasteiger partial charge in [0.1, 0.15) is 10.7 Å². The van der Waals surface area contributed by atoms with E-state index >= 15 is 0 Å². The first-order valence-corrected chi connectivity index (χ1v) is 4.08. The number of alkyl halides is 5. The Balaban J connectivity index is 3.17. The normalized spacial score (nSPS) is 11.9. The number of aromatic nitrogens is 1. The van der Waals surface area contributed by atoms with Crippen LogP contribution >= 0.6 is 11.6 Å². The third-order valence-electron chi connectivity index (χ3n) is 1.41. The maximum Gasteiger partial charge on any atom is 0.574 e. The summed E-state index contributed by atoms with van der Waals surface area (Å²) in [7, 11) is 0. The molecule has 0 saturated carbocycles. The van der Waals surface area contributed by atoms with Crippen LogP contribution < -0.4 is 10.5 Å². The van der Waals surface area contributed by atoms with Crippen LogP contribution in [0.5, 0.6) is 5.88 Å². The lowest BCUT2D eigenvalue weighted by molar-refractivity contribution is -0.276. The van der Waals surface area contributed by atoms with Crippen LogP contribution in [0.4, 0.5) is 27.6 Å². The van der Waals surface area contributed by atoms with E-state index in [-0.39, 0.29) is 0 Å². The van der Waals surface area contributed by atoms with E-state index in [2.05, 4.69) is 9.72 Å². The average molecular weight is 263 g/mol. The Kier molecular flexibility index (Phi) is 3.41. The van der Waals surface area contributed by atoms with Crippen LogP contribution in [0, 0.1) is 0 Å². The van der Waals surface area contributed by atoms with Crippen LogP contribution in [0.3, 0.4) is 0 Å². The van der Waals surface area contributed by atoms with E-state index in [1.54, 1.807) is 0 Å². The maximum atomic E-state index is 12.2. The molecule has 0 unspecified atom stereocenters. The molecule has 0 spiro atoms. The highest BCUT2D eigenvalue weighted by Gasteiger charge is 2.33. The number of hydrogen-bond acceptors (Lipinski definition) is 3. The summed E-state index contributed by atoms with van der Waals surface area (Å²) in [6.07, 6.45) is -8.15. The number of anilines is 1. The van der Waals surface area contributed by atoms with Gasteiger partial charge in [0.25, 0.3) is 6.43 Å². The first kappa shape index (κ1) is 12.8. The second-order valence-corrected chi connectivity index (χ2v) is 2.98. The fourth-order valence-electron chi connectivity index (χ4n) is 0.834. The minimum absolute atomic E-state index is 0.466. The summed E-state index contributed by atoms with van der Waals surface area (Å²) in [4.78, 5) is 2.91. The third-order valence-corrected chi connectivity index (χ3v) is 1.79. The molecule has 1 aromatic rings. The molecule has 1 rings (SSSR count). The monoisotopic (exact) mass is 262 g/mol. The number of nitrogen functional groups attached to an aromatic ring is 1. The molecule has 0 radical (unpaired) electrons. The van der Waals surface area contributed by atoms with E-state index in [0.717, 1.165) is 0 Å². The van der Waals surface area contributed by atoms with Crippen LogP contribution in [0.1, 0.15) is 12.1 Å². The Bertz CT molecular complexity index is 395. The van der Waals surface area contributed by atoms with E-state index < -0.39 is 35.1 Å². The van der Waals surface area contributed by atoms with E-state index in [0.29, 0.717) is 6.07 Å². The van der Waals surface area contributed by atoms with Crippen LogP contribution in [-0.4, -0.2) is 11.3 Å². The van der Waals surface area contributed by atoms with Crippen LogP contribution in [0.15, 0.2) is 6.07 Å². The summed E-state index contributed by atoms with van der Waals surface area (Å²) < 4.78 is 63.2. The molecule has 0 aliphatic rings. The van der Waals surface area contributed by atoms with Gasteiger partial charge in [0.15, 0.2) is 0 Å². The van der Waals surface area contributed by atoms with Gasteiger partial charge in [-0.15, -0.1) is 13.2 Å². The SMILES string of the molecule is Nc1cc(C(F)F)nc(OC(F)(F)F)c1Cl. The van der Waals surface area contributed by atoms with Gasteiger partial charge < -0.3 is 10.5 Å². The average Bonchev–Trinajstić information content (AvgIpc) is 2.10. The predicted molar refractivity (Wildman–Crippen MR) is 45.3 cm³/mol. The number of hydrogen-bond donors (Lipinski definition) is 1. The number of nitrogens with two attached hydrogens (primary N) is 1. The Labute approximate surface area is 91.0 Å². The molecular formula is C7H4ClF5N2O. The smallest absolute Gasteiger partial charge is 0.397 e. The zero-order valence-electron chi connectivity index (χ0n) is 7.36. The van der Waals surface area contributed by atoms with Gasteiger partial charge in [-0.3, -0.25) is 0 Å². The molecule has 90 valence electrons. The van der Waals surface area contributed by atoms with Crippen molar-refractivity contribution >= 4 is 17.3 Å². The van der Waals surface area contributed by atoms with Crippen LogP contribution in [-0.2, 0) is 0 Å². The van der Waals surface area contributed by atoms with Crippen molar-refractivity contribution in [2.24, 2.45) is 0 Å². The fourth-order valence-corrected chi connectivity index (χ4v) is 0.969. The van der Waals surface area contributed by atoms with E-state index in [4.69, 9.17) is 17.3 Å². The van der Waals surface area contributed by atoms with Gasteiger partial charge in [-0.2, -0.15) is 0 Å². The highest BCUT2D eigenvalue weighted by Crippen LogP contribution is 2.34. The summed E-state index contributed by atoms with van der Waals surface area (Å²) in [6, 6.07) is 0.677. The van der Waals surface area contributed by atoms with Crippen molar-refractivity contribution in [2.45, 2.75) is 12.8 Å². The zero-order valence-corrected chi connectivity index (χ0v) is 8.11. The molecule has 0 aliphatic carbocycles. The van der Waals surface area contributed by atoms with Gasteiger partial charge in [-0.1, -0.05) is 11.6 Å². The first-order valence-electron chi connectivity index (χ1n) is 3.70. The molecular weight excluding hydrogens is 259 g/mol. The number of ether oxygens (including phenoxy) is 1. The number of nitrogens with zero attached hydrogens (tertiary/aromatic N) is 1. The van der Waals surface area contributed by atoms with Crippen LogP contribution in [0.25, 0.3) is 0 Å². The summed E-state index contributed by atoms with van der Waals surface area (Å²) in [5.74, 6) is -1.19. The van der Waals surface area contributed by atoms with Crippen molar-refractivity contribution in [3.63, 3.8) is 0 Å². The molecule has 3 nitrogen and oxygen atoms in total. The van der Waals surface area contributed by atoms with Gasteiger partial charge in [0, 0.05) is 0 Å². The molecule has 0 fully saturated rings. The lowest BCUT2D eigenvalue weighted by atomic mass is 10.3. The van der Waals surface area contributed by atoms with Gasteiger partial charge >= 0.3 is 6.36 Å². The lowest BCUT2D eigenvalue weighted by Crippen LogP contribution is -2.19. The van der Waals surface area contributed by atoms with E-state index in [9.17, 15) is 22.0 Å². The van der Waals surface area contributed by atoms with Crippen LogP contribution in [0.2, 0.25) is 5.02 Å². The highest BCUT2D eigenvalue weighted by atomic mass is 35.5. The number of rotatable bonds is 2. The molecule has 9 heteroatoms. The Hall–Kier alpha value is -1.31. The Morgan fingerprint density at radius 2 is 1.94 bits per heavy atom. The summed E-state index contributed by atoms with van der Waals surface area (Å²) in [5, 5.41) is -0.665. The second kappa shape index (κ2) is 4.28. The molecule has 1 heterocycles. The van der Waals surface area contributed by atoms with Crippen molar-refractivity contribution in [2.75, 3.05) is 5.73 Å². The summed E-state index contributed by atoms with van der Waals surface area (Å²) in [6.45, 7) is 0. The number of halogens is 6. The molecule has 0 aliphatic heterocycles. The highest BCUT2D eigenvalue weighted by molar-refractivity contribution is 6.34. The molecule has 2 N–H and O–H groups in total. The van der Waals surface area contributed by atoms with E-state index in [1.165, 1.54) is 0 Å². The lowest BCUT2D eigenvalue weighted by Gasteiger charge is -2.11. The van der Waals surface area contributed by atoms with Gasteiger partial charge in [0.2, 0.25) is 5.88 Å². The van der Waals surface area contributed by atoms with Crippen molar-refractivity contribution in [3.05, 3.63) is 16.8 Å². The summed E-state index contributed by atoms with van der Waals surface area (Å²) >= 11 is 5.32. The Morgan fingerprint density at radius 3 is 2.38 bits per heavy atom. The van der Waals surface area contributed by atoms with Crippen molar-refractivity contribution < 1.29 is 26.7 Å². The molecule has 16 heavy (non-hydrogen) atoms. The van der Waals surface area contributed by atoms with Gasteiger partial charge in [0.05, 0.1) is 5.69 Å². The fraction of sp³-hybridized carbons (Fsp3) is 0.286. The summed E-state index contributed by atoms with van der Waals surface area (Å²) in [5.41, 5.74) is 3.72. The van der Waals surface area contributed by atoms with Crippen molar-refractivity contribution in [3.8, 4) is 5.88 Å². The molecule has 0 amide bonds. The first-order chi connectivity index (χ1) is 7.20. The molecule has 0 aromatic carbocycles. The number of pyridine rings is 1. The second-order valence-electron chi connectivity index (χ2n) is 2.60. The quantitative estimate of drug-likeness (QED) is 0.833. The third kappa shape index (κ3) is 3.09. The Morgan fingerprint density at radius 1 is 1.38 bits per heavy atom. The largest absolute Gasteiger partial charge is 0.574 e. The molecule has 0 saturated heterocycles. The van der Waals surface area contributed by atoms with Crippen molar-refractivity contribution in [1.82, 2.24) is 4.98 Å². The van der Waals surface area contributed by atoms with Crippen molar-refractivity contribution in [1.29, 1.82) is 0 Å². The minimum Gasteiger partial charge on any atom is -0.397 e. The van der Waals surface area contributed by atoms with Gasteiger partial charge in [-0.25, -0.2) is 13.8 Å². The predicted octanol–water partition coefficient (Wildman–Crippen LogP) is 3.15. The minimum atomic E-state index is -5.08. The topological polar surface area (TPSA) is 48.1 Å². The zero-order chi connectivity index (χ0) is 12.5. The molecule has 0 atom stereocenters. The molecule has 0 bridgehead atoms. The van der Waals surface area contributed by atoms with Gasteiger partial charge in [-0.05, 0) is 6.07 Å². The maximum absolute atomic E-state index is 12.2. The van der Waals surface area contributed by atoms with E-state index in [1.807, 2.05) is 0 Å². The molecule has 1 aromatic heterocycles.